The molecule has 0 radical (unpaired) electrons. The number of ketones is 1. The Morgan fingerprint density at radius 3 is 2.42 bits per heavy atom. The first kappa shape index (κ1) is 18.1. The van der Waals surface area contributed by atoms with Crippen LogP contribution in [0, 0.1) is 10.1 Å². The highest BCUT2D eigenvalue weighted by Gasteiger charge is 2.25. The Kier molecular flexibility index (Phi) is 5.62. The molecule has 3 rings (SSSR count). The number of piperazine rings is 1. The van der Waals surface area contributed by atoms with Crippen molar-refractivity contribution >= 4 is 34.4 Å². The highest BCUT2D eigenvalue weighted by atomic mass is 32.1. The number of rotatable bonds is 6. The lowest BCUT2D eigenvalue weighted by molar-refractivity contribution is -0.384. The molecule has 0 unspecified atom stereocenters. The Bertz CT molecular complexity index is 799. The van der Waals surface area contributed by atoms with E-state index in [4.69, 9.17) is 0 Å². The van der Waals surface area contributed by atoms with E-state index >= 15 is 0 Å². The van der Waals surface area contributed by atoms with Gasteiger partial charge in [0.05, 0.1) is 9.80 Å². The smallest absolute Gasteiger partial charge is 0.292 e. The van der Waals surface area contributed by atoms with Crippen molar-refractivity contribution in [1.29, 1.82) is 0 Å². The largest absolute Gasteiger partial charge is 0.362 e. The number of para-hydroxylation sites is 2. The van der Waals surface area contributed by atoms with E-state index in [9.17, 15) is 19.7 Å². The monoisotopic (exact) mass is 373 g/mol. The molecule has 0 atom stereocenters. The summed E-state index contributed by atoms with van der Waals surface area (Å²) in [6.45, 7) is 2.07. The van der Waals surface area contributed by atoms with Gasteiger partial charge in [-0.2, -0.15) is 0 Å². The predicted octanol–water partition coefficient (Wildman–Crippen LogP) is 2.97. The second-order valence-corrected chi connectivity index (χ2v) is 6.96. The van der Waals surface area contributed by atoms with Crippen molar-refractivity contribution in [3.63, 3.8) is 0 Å². The number of nitrogens with zero attached hydrogens (tertiary/aromatic N) is 3. The van der Waals surface area contributed by atoms with Crippen LogP contribution >= 0.6 is 11.3 Å². The van der Waals surface area contributed by atoms with Gasteiger partial charge in [0.1, 0.15) is 5.69 Å². The van der Waals surface area contributed by atoms with Gasteiger partial charge in [-0.05, 0) is 17.5 Å². The molecule has 0 bridgehead atoms. The molecule has 1 aliphatic rings. The summed E-state index contributed by atoms with van der Waals surface area (Å²) in [6.07, 6.45) is 0.409. The van der Waals surface area contributed by atoms with Crippen LogP contribution in [0.2, 0.25) is 0 Å². The van der Waals surface area contributed by atoms with E-state index < -0.39 is 0 Å². The summed E-state index contributed by atoms with van der Waals surface area (Å²) in [5, 5.41) is 13.0. The molecular weight excluding hydrogens is 354 g/mol. The molecule has 0 aliphatic carbocycles. The fraction of sp³-hybridized carbons (Fsp3) is 0.333. The Morgan fingerprint density at radius 1 is 1.04 bits per heavy atom. The number of nitro benzene ring substituents is 1. The van der Waals surface area contributed by atoms with Crippen LogP contribution in [-0.2, 0) is 4.79 Å². The van der Waals surface area contributed by atoms with Crippen molar-refractivity contribution < 1.29 is 14.5 Å². The van der Waals surface area contributed by atoms with E-state index in [1.54, 1.807) is 29.2 Å². The molecule has 1 amide bonds. The molecule has 8 heteroatoms. The fourth-order valence-electron chi connectivity index (χ4n) is 3.02. The Morgan fingerprint density at radius 2 is 1.77 bits per heavy atom. The van der Waals surface area contributed by atoms with Gasteiger partial charge < -0.3 is 9.80 Å². The minimum atomic E-state index is -0.386. The summed E-state index contributed by atoms with van der Waals surface area (Å²) in [4.78, 5) is 39.5. The first-order valence-electron chi connectivity index (χ1n) is 8.39. The molecule has 0 N–H and O–H groups in total. The van der Waals surface area contributed by atoms with Gasteiger partial charge in [0.25, 0.3) is 5.69 Å². The second kappa shape index (κ2) is 8.09. The molecule has 2 aromatic rings. The minimum absolute atomic E-state index is 0.00750. The maximum atomic E-state index is 12.3. The van der Waals surface area contributed by atoms with Gasteiger partial charge in [0, 0.05) is 45.1 Å². The number of thiophene rings is 1. The summed E-state index contributed by atoms with van der Waals surface area (Å²) in [6, 6.07) is 10.2. The van der Waals surface area contributed by atoms with E-state index in [-0.39, 0.29) is 35.1 Å². The number of nitro groups is 1. The van der Waals surface area contributed by atoms with Gasteiger partial charge in [-0.3, -0.25) is 19.7 Å². The summed E-state index contributed by atoms with van der Waals surface area (Å²) >= 11 is 1.38. The molecule has 1 fully saturated rings. The molecule has 0 saturated carbocycles. The minimum Gasteiger partial charge on any atom is -0.362 e. The summed E-state index contributed by atoms with van der Waals surface area (Å²) < 4.78 is 0. The Labute approximate surface area is 155 Å². The van der Waals surface area contributed by atoms with E-state index in [1.165, 1.54) is 17.4 Å². The number of benzene rings is 1. The molecule has 0 spiro atoms. The normalized spacial score (nSPS) is 14.3. The van der Waals surface area contributed by atoms with Gasteiger partial charge in [0.2, 0.25) is 5.91 Å². The fourth-order valence-corrected chi connectivity index (χ4v) is 3.72. The maximum Gasteiger partial charge on any atom is 0.292 e. The van der Waals surface area contributed by atoms with E-state index in [0.717, 1.165) is 0 Å². The average molecular weight is 373 g/mol. The van der Waals surface area contributed by atoms with Crippen LogP contribution in [0.5, 0.6) is 0 Å². The molecule has 26 heavy (non-hydrogen) atoms. The van der Waals surface area contributed by atoms with Gasteiger partial charge in [0.15, 0.2) is 5.78 Å². The molecule has 136 valence electrons. The first-order chi connectivity index (χ1) is 12.6. The summed E-state index contributed by atoms with van der Waals surface area (Å²) in [5.41, 5.74) is 0.659. The standard InChI is InChI=1S/C18H19N3O4S/c22-16(17-6-3-13-26-17)7-8-18(23)20-11-9-19(10-12-20)14-4-1-2-5-15(14)21(24)25/h1-6,13H,7-12H2. The maximum absolute atomic E-state index is 12.3. The zero-order chi connectivity index (χ0) is 18.5. The summed E-state index contributed by atoms with van der Waals surface area (Å²) in [5.74, 6) is -0.0518. The van der Waals surface area contributed by atoms with Crippen LogP contribution in [0.1, 0.15) is 22.5 Å². The van der Waals surface area contributed by atoms with Gasteiger partial charge in [-0.25, -0.2) is 0 Å². The number of anilines is 1. The van der Waals surface area contributed by atoms with E-state index in [0.29, 0.717) is 36.7 Å². The molecule has 2 heterocycles. The molecule has 1 aliphatic heterocycles. The van der Waals surface area contributed by atoms with E-state index in [2.05, 4.69) is 0 Å². The Balaban J connectivity index is 1.53. The third-order valence-corrected chi connectivity index (χ3v) is 5.32. The number of carbonyl (C=O) groups excluding carboxylic acids is 2. The van der Waals surface area contributed by atoms with Crippen molar-refractivity contribution in [3.05, 3.63) is 56.8 Å². The SMILES string of the molecule is O=C(CCC(=O)N1CCN(c2ccccc2[N+](=O)[O-])CC1)c1cccs1. The van der Waals surface area contributed by atoms with Crippen LogP contribution in [-0.4, -0.2) is 47.7 Å². The molecular formula is C18H19N3O4S. The summed E-state index contributed by atoms with van der Waals surface area (Å²) in [7, 11) is 0. The number of hydrogen-bond donors (Lipinski definition) is 0. The van der Waals surface area contributed by atoms with Crippen LogP contribution in [0.4, 0.5) is 11.4 Å². The highest BCUT2D eigenvalue weighted by molar-refractivity contribution is 7.12. The topological polar surface area (TPSA) is 83.8 Å². The molecule has 1 aromatic carbocycles. The van der Waals surface area contributed by atoms with Crippen LogP contribution < -0.4 is 4.90 Å². The number of carbonyl (C=O) groups is 2. The zero-order valence-corrected chi connectivity index (χ0v) is 15.0. The van der Waals surface area contributed by atoms with Crippen molar-refractivity contribution in [3.8, 4) is 0 Å². The van der Waals surface area contributed by atoms with Crippen molar-refractivity contribution in [1.82, 2.24) is 4.90 Å². The lowest BCUT2D eigenvalue weighted by Gasteiger charge is -2.35. The van der Waals surface area contributed by atoms with Crippen LogP contribution in [0.3, 0.4) is 0 Å². The van der Waals surface area contributed by atoms with Crippen molar-refractivity contribution in [2.45, 2.75) is 12.8 Å². The van der Waals surface area contributed by atoms with Crippen LogP contribution in [0.15, 0.2) is 41.8 Å². The first-order valence-corrected chi connectivity index (χ1v) is 9.27. The Hall–Kier alpha value is -2.74. The number of amides is 1. The third kappa shape index (κ3) is 4.08. The van der Waals surface area contributed by atoms with Gasteiger partial charge >= 0.3 is 0 Å². The third-order valence-electron chi connectivity index (χ3n) is 4.41. The molecule has 7 nitrogen and oxygen atoms in total. The quantitative estimate of drug-likeness (QED) is 0.442. The van der Waals surface area contributed by atoms with Gasteiger partial charge in [-0.1, -0.05) is 18.2 Å². The molecule has 1 aromatic heterocycles. The second-order valence-electron chi connectivity index (χ2n) is 6.01. The van der Waals surface area contributed by atoms with Crippen molar-refractivity contribution in [2.75, 3.05) is 31.1 Å². The zero-order valence-electron chi connectivity index (χ0n) is 14.2. The van der Waals surface area contributed by atoms with Crippen molar-refractivity contribution in [2.24, 2.45) is 0 Å². The highest BCUT2D eigenvalue weighted by Crippen LogP contribution is 2.28. The number of Topliss-reactive ketones (excluding diaryl/α,β-unsaturated/α-hetero) is 1. The number of hydrogen-bond acceptors (Lipinski definition) is 6. The van der Waals surface area contributed by atoms with E-state index in [1.807, 2.05) is 16.3 Å². The van der Waals surface area contributed by atoms with Gasteiger partial charge in [-0.15, -0.1) is 11.3 Å². The average Bonchev–Trinajstić information content (AvgIpc) is 3.21. The lowest BCUT2D eigenvalue weighted by atomic mass is 10.1. The predicted molar refractivity (Wildman–Crippen MR) is 99.8 cm³/mol. The molecule has 1 saturated heterocycles. The lowest BCUT2D eigenvalue weighted by Crippen LogP contribution is -2.49. The van der Waals surface area contributed by atoms with Crippen LogP contribution in [0.25, 0.3) is 0 Å².